The second-order valence-corrected chi connectivity index (χ2v) is 5.13. The van der Waals surface area contributed by atoms with Crippen LogP contribution in [0.1, 0.15) is 20.3 Å². The number of nitrogens with zero attached hydrogens (tertiary/aromatic N) is 1. The van der Waals surface area contributed by atoms with Crippen LogP contribution in [0.3, 0.4) is 0 Å². The fourth-order valence-corrected chi connectivity index (χ4v) is 2.32. The van der Waals surface area contributed by atoms with E-state index in [1.54, 1.807) is 0 Å². The zero-order valence-corrected chi connectivity index (χ0v) is 9.58. The molecule has 2 heterocycles. The smallest absolute Gasteiger partial charge is 0.228 e. The van der Waals surface area contributed by atoms with Gasteiger partial charge in [-0.2, -0.15) is 0 Å². The van der Waals surface area contributed by atoms with Gasteiger partial charge >= 0.3 is 0 Å². The predicted molar refractivity (Wildman–Crippen MR) is 57.6 cm³/mol. The van der Waals surface area contributed by atoms with Crippen molar-refractivity contribution < 1.29 is 9.53 Å². The van der Waals surface area contributed by atoms with Gasteiger partial charge in [0.2, 0.25) is 5.91 Å². The molecule has 0 saturated carbocycles. The van der Waals surface area contributed by atoms with Crippen LogP contribution in [-0.2, 0) is 9.53 Å². The second kappa shape index (κ2) is 4.10. The quantitative estimate of drug-likeness (QED) is 0.676. The Morgan fingerprint density at radius 1 is 1.53 bits per heavy atom. The lowest BCUT2D eigenvalue weighted by molar-refractivity contribution is -0.137. The molecule has 2 saturated heterocycles. The number of hydrogen-bond acceptors (Lipinski definition) is 3. The summed E-state index contributed by atoms with van der Waals surface area (Å²) >= 11 is 0. The van der Waals surface area contributed by atoms with Gasteiger partial charge in [-0.3, -0.25) is 4.79 Å². The van der Waals surface area contributed by atoms with Gasteiger partial charge < -0.3 is 15.0 Å². The fraction of sp³-hybridized carbons (Fsp3) is 0.909. The highest BCUT2D eigenvalue weighted by Crippen LogP contribution is 2.18. The minimum Gasteiger partial charge on any atom is -0.381 e. The van der Waals surface area contributed by atoms with Crippen molar-refractivity contribution in [3.05, 3.63) is 0 Å². The van der Waals surface area contributed by atoms with Crippen LogP contribution in [0.25, 0.3) is 0 Å². The van der Waals surface area contributed by atoms with Crippen molar-refractivity contribution in [1.29, 1.82) is 0 Å². The molecule has 4 heteroatoms. The molecule has 1 unspecified atom stereocenters. The summed E-state index contributed by atoms with van der Waals surface area (Å²) in [6.45, 7) is 8.16. The first kappa shape index (κ1) is 10.9. The highest BCUT2D eigenvalue weighted by Gasteiger charge is 2.33. The minimum atomic E-state index is 0.0490. The Morgan fingerprint density at radius 2 is 2.33 bits per heavy atom. The van der Waals surface area contributed by atoms with E-state index in [0.29, 0.717) is 6.61 Å². The summed E-state index contributed by atoms with van der Waals surface area (Å²) < 4.78 is 5.26. The number of ether oxygens (including phenoxy) is 1. The lowest BCUT2D eigenvalue weighted by Gasteiger charge is -2.40. The Kier molecular flexibility index (Phi) is 2.98. The molecule has 0 aromatic heterocycles. The van der Waals surface area contributed by atoms with E-state index in [-0.39, 0.29) is 17.4 Å². The van der Waals surface area contributed by atoms with E-state index in [2.05, 4.69) is 19.2 Å². The standard InChI is InChI=1S/C11H20N2O2/c1-11(2)8-13(5-4-12-11)10(14)9-3-6-15-7-9/h9,12H,3-8H2,1-2H3. The van der Waals surface area contributed by atoms with Gasteiger partial charge in [-0.15, -0.1) is 0 Å². The summed E-state index contributed by atoms with van der Waals surface area (Å²) in [5, 5.41) is 3.41. The van der Waals surface area contributed by atoms with Crippen LogP contribution in [0.4, 0.5) is 0 Å². The number of piperazine rings is 1. The van der Waals surface area contributed by atoms with Crippen molar-refractivity contribution in [3.63, 3.8) is 0 Å². The molecule has 2 aliphatic heterocycles. The van der Waals surface area contributed by atoms with Crippen molar-refractivity contribution in [2.75, 3.05) is 32.8 Å². The van der Waals surface area contributed by atoms with Crippen molar-refractivity contribution in [1.82, 2.24) is 10.2 Å². The summed E-state index contributed by atoms with van der Waals surface area (Å²) in [4.78, 5) is 14.1. The molecule has 2 fully saturated rings. The normalized spacial score (nSPS) is 30.5. The number of rotatable bonds is 1. The zero-order chi connectivity index (χ0) is 10.9. The van der Waals surface area contributed by atoms with E-state index < -0.39 is 0 Å². The SMILES string of the molecule is CC1(C)CN(C(=O)C2CCOC2)CCN1. The van der Waals surface area contributed by atoms with Crippen LogP contribution in [0, 0.1) is 5.92 Å². The highest BCUT2D eigenvalue weighted by molar-refractivity contribution is 5.79. The summed E-state index contributed by atoms with van der Waals surface area (Å²) in [5.74, 6) is 0.390. The highest BCUT2D eigenvalue weighted by atomic mass is 16.5. The zero-order valence-electron chi connectivity index (χ0n) is 9.58. The Hall–Kier alpha value is -0.610. The number of carbonyl (C=O) groups excluding carboxylic acids is 1. The molecule has 0 radical (unpaired) electrons. The molecule has 4 nitrogen and oxygen atoms in total. The molecular formula is C11H20N2O2. The van der Waals surface area contributed by atoms with Gasteiger partial charge in [0.1, 0.15) is 0 Å². The van der Waals surface area contributed by atoms with E-state index in [4.69, 9.17) is 4.74 Å². The first-order valence-electron chi connectivity index (χ1n) is 5.70. The fourth-order valence-electron chi connectivity index (χ4n) is 2.32. The summed E-state index contributed by atoms with van der Waals surface area (Å²) in [7, 11) is 0. The second-order valence-electron chi connectivity index (χ2n) is 5.13. The van der Waals surface area contributed by atoms with Gasteiger partial charge in [0, 0.05) is 31.8 Å². The first-order valence-corrected chi connectivity index (χ1v) is 5.70. The third-order valence-corrected chi connectivity index (χ3v) is 3.16. The summed E-state index contributed by atoms with van der Waals surface area (Å²) in [6, 6.07) is 0. The van der Waals surface area contributed by atoms with Crippen LogP contribution < -0.4 is 5.32 Å². The predicted octanol–water partition coefficient (Wildman–Crippen LogP) is 0.233. The summed E-state index contributed by atoms with van der Waals surface area (Å²) in [5.41, 5.74) is 0.0490. The maximum absolute atomic E-state index is 12.1. The van der Waals surface area contributed by atoms with Gasteiger partial charge in [-0.1, -0.05) is 0 Å². The van der Waals surface area contributed by atoms with E-state index in [0.717, 1.165) is 32.7 Å². The van der Waals surface area contributed by atoms with Crippen molar-refractivity contribution in [2.24, 2.45) is 5.92 Å². The van der Waals surface area contributed by atoms with Crippen molar-refractivity contribution >= 4 is 5.91 Å². The molecule has 1 atom stereocenters. The van der Waals surface area contributed by atoms with Gasteiger partial charge in [0.05, 0.1) is 12.5 Å². The van der Waals surface area contributed by atoms with E-state index in [9.17, 15) is 4.79 Å². The van der Waals surface area contributed by atoms with Gasteiger partial charge in [0.25, 0.3) is 0 Å². The number of nitrogens with one attached hydrogen (secondary N) is 1. The average molecular weight is 212 g/mol. The molecule has 0 aromatic rings. The van der Waals surface area contributed by atoms with Gasteiger partial charge in [0.15, 0.2) is 0 Å². The van der Waals surface area contributed by atoms with Crippen LogP contribution in [0.15, 0.2) is 0 Å². The third-order valence-electron chi connectivity index (χ3n) is 3.16. The molecule has 2 aliphatic rings. The Bertz CT molecular complexity index is 247. The van der Waals surface area contributed by atoms with Crippen molar-refractivity contribution in [3.8, 4) is 0 Å². The maximum atomic E-state index is 12.1. The van der Waals surface area contributed by atoms with Crippen LogP contribution in [0.2, 0.25) is 0 Å². The number of amides is 1. The molecule has 0 aromatic carbocycles. The van der Waals surface area contributed by atoms with E-state index in [1.807, 2.05) is 4.90 Å². The van der Waals surface area contributed by atoms with Gasteiger partial charge in [-0.25, -0.2) is 0 Å². The molecule has 0 bridgehead atoms. The molecular weight excluding hydrogens is 192 g/mol. The van der Waals surface area contributed by atoms with Crippen molar-refractivity contribution in [2.45, 2.75) is 25.8 Å². The first-order chi connectivity index (χ1) is 7.08. The molecule has 1 N–H and O–H groups in total. The Morgan fingerprint density at radius 3 is 2.93 bits per heavy atom. The van der Waals surface area contributed by atoms with E-state index >= 15 is 0 Å². The molecule has 0 spiro atoms. The van der Waals surface area contributed by atoms with Crippen LogP contribution >= 0.6 is 0 Å². The number of carbonyl (C=O) groups is 1. The molecule has 2 rings (SSSR count). The minimum absolute atomic E-state index is 0.0490. The Labute approximate surface area is 91.0 Å². The molecule has 1 amide bonds. The Balaban J connectivity index is 1.94. The van der Waals surface area contributed by atoms with Crippen LogP contribution in [-0.4, -0.2) is 49.2 Å². The molecule has 0 aliphatic carbocycles. The topological polar surface area (TPSA) is 41.6 Å². The third kappa shape index (κ3) is 2.49. The van der Waals surface area contributed by atoms with Crippen LogP contribution in [0.5, 0.6) is 0 Å². The largest absolute Gasteiger partial charge is 0.381 e. The van der Waals surface area contributed by atoms with E-state index in [1.165, 1.54) is 0 Å². The molecule has 15 heavy (non-hydrogen) atoms. The molecule has 86 valence electrons. The lowest BCUT2D eigenvalue weighted by atomic mass is 10.00. The average Bonchev–Trinajstić information content (AvgIpc) is 2.67. The van der Waals surface area contributed by atoms with Gasteiger partial charge in [-0.05, 0) is 20.3 Å². The lowest BCUT2D eigenvalue weighted by Crippen LogP contribution is -2.59. The monoisotopic (exact) mass is 212 g/mol. The summed E-state index contributed by atoms with van der Waals surface area (Å²) in [6.07, 6.45) is 0.892. The number of hydrogen-bond donors (Lipinski definition) is 1. The maximum Gasteiger partial charge on any atom is 0.228 e.